The smallest absolute Gasteiger partial charge is 0.274 e. The van der Waals surface area contributed by atoms with E-state index in [4.69, 9.17) is 0 Å². The van der Waals surface area contributed by atoms with E-state index in [1.54, 1.807) is 10.7 Å². The Balaban J connectivity index is 1.81. The first-order valence-corrected chi connectivity index (χ1v) is 7.37. The number of carbonyl (C=O) groups is 1. The van der Waals surface area contributed by atoms with Crippen LogP contribution < -0.4 is 4.90 Å². The van der Waals surface area contributed by atoms with Crippen molar-refractivity contribution in [3.8, 4) is 0 Å². The van der Waals surface area contributed by atoms with Crippen LogP contribution in [0.15, 0.2) is 24.5 Å². The lowest BCUT2D eigenvalue weighted by atomic mass is 10.1. The molecule has 1 aliphatic rings. The molecule has 1 aliphatic heterocycles. The van der Waals surface area contributed by atoms with Crippen molar-refractivity contribution in [1.29, 1.82) is 0 Å². The number of aryl methyl sites for hydroxylation is 1. The van der Waals surface area contributed by atoms with Crippen LogP contribution in [0, 0.1) is 0 Å². The molecule has 7 heteroatoms. The van der Waals surface area contributed by atoms with E-state index < -0.39 is 0 Å². The van der Waals surface area contributed by atoms with Crippen molar-refractivity contribution >= 4 is 11.7 Å². The molecule has 1 saturated heterocycles. The van der Waals surface area contributed by atoms with Crippen LogP contribution in [0.2, 0.25) is 0 Å². The van der Waals surface area contributed by atoms with E-state index >= 15 is 0 Å². The van der Waals surface area contributed by atoms with Crippen LogP contribution in [0.4, 0.5) is 5.82 Å². The van der Waals surface area contributed by atoms with Gasteiger partial charge in [0.1, 0.15) is 0 Å². The maximum absolute atomic E-state index is 12.7. The Bertz CT molecular complexity index is 663. The first kappa shape index (κ1) is 14.5. The predicted octanol–water partition coefficient (Wildman–Crippen LogP) is 1.25. The van der Waals surface area contributed by atoms with Gasteiger partial charge in [0.15, 0.2) is 11.5 Å². The number of carbonyl (C=O) groups excluding carboxylic acids is 1. The summed E-state index contributed by atoms with van der Waals surface area (Å²) in [7, 11) is 5.67. The summed E-state index contributed by atoms with van der Waals surface area (Å²) >= 11 is 0. The zero-order chi connectivity index (χ0) is 15.7. The average molecular weight is 300 g/mol. The lowest BCUT2D eigenvalue weighted by Gasteiger charge is -2.23. The van der Waals surface area contributed by atoms with E-state index in [-0.39, 0.29) is 11.9 Å². The molecule has 0 N–H and O–H groups in total. The highest BCUT2D eigenvalue weighted by Crippen LogP contribution is 2.32. The van der Waals surface area contributed by atoms with Gasteiger partial charge >= 0.3 is 0 Å². The van der Waals surface area contributed by atoms with E-state index in [9.17, 15) is 4.79 Å². The maximum atomic E-state index is 12.7. The summed E-state index contributed by atoms with van der Waals surface area (Å²) < 4.78 is 1.77. The molecule has 0 aromatic carbocycles. The Kier molecular flexibility index (Phi) is 3.79. The van der Waals surface area contributed by atoms with Crippen molar-refractivity contribution in [3.63, 3.8) is 0 Å². The molecule has 1 fully saturated rings. The van der Waals surface area contributed by atoms with Crippen molar-refractivity contribution in [2.45, 2.75) is 18.9 Å². The highest BCUT2D eigenvalue weighted by molar-refractivity contribution is 5.92. The lowest BCUT2D eigenvalue weighted by Crippen LogP contribution is -2.31. The molecule has 7 nitrogen and oxygen atoms in total. The first-order chi connectivity index (χ1) is 10.6. The summed E-state index contributed by atoms with van der Waals surface area (Å²) in [4.78, 5) is 16.4. The zero-order valence-corrected chi connectivity index (χ0v) is 13.1. The second-order valence-electron chi connectivity index (χ2n) is 5.78. The van der Waals surface area contributed by atoms with Gasteiger partial charge in [0.25, 0.3) is 5.91 Å². The van der Waals surface area contributed by atoms with Crippen molar-refractivity contribution in [3.05, 3.63) is 35.8 Å². The summed E-state index contributed by atoms with van der Waals surface area (Å²) in [5.41, 5.74) is 1.47. The molecule has 2 aromatic heterocycles. The third-order valence-electron chi connectivity index (χ3n) is 3.95. The summed E-state index contributed by atoms with van der Waals surface area (Å²) in [5, 5.41) is 12.4. The topological polar surface area (TPSA) is 67.2 Å². The van der Waals surface area contributed by atoms with Crippen molar-refractivity contribution < 1.29 is 4.79 Å². The fraction of sp³-hybridized carbons (Fsp3) is 0.467. The van der Waals surface area contributed by atoms with Gasteiger partial charge in [-0.1, -0.05) is 0 Å². The minimum Gasteiger partial charge on any atom is -0.361 e. The Morgan fingerprint density at radius 2 is 2.14 bits per heavy atom. The second-order valence-corrected chi connectivity index (χ2v) is 5.78. The molecule has 3 heterocycles. The molecule has 0 spiro atoms. The monoisotopic (exact) mass is 300 g/mol. The number of likely N-dealkylation sites (tertiary alicyclic amines) is 1. The third kappa shape index (κ3) is 2.66. The summed E-state index contributed by atoms with van der Waals surface area (Å²) in [6, 6.07) is 3.63. The van der Waals surface area contributed by atoms with Gasteiger partial charge in [0.05, 0.1) is 12.2 Å². The van der Waals surface area contributed by atoms with Crippen LogP contribution in [0.3, 0.4) is 0 Å². The molecule has 1 amide bonds. The Morgan fingerprint density at radius 3 is 2.73 bits per heavy atom. The highest BCUT2D eigenvalue weighted by Gasteiger charge is 2.32. The van der Waals surface area contributed by atoms with E-state index in [2.05, 4.69) is 15.3 Å². The lowest BCUT2D eigenvalue weighted by molar-refractivity contribution is 0.0728. The highest BCUT2D eigenvalue weighted by atomic mass is 16.2. The normalized spacial score (nSPS) is 17.8. The van der Waals surface area contributed by atoms with Crippen LogP contribution in [0.25, 0.3) is 0 Å². The number of nitrogens with zero attached hydrogens (tertiary/aromatic N) is 6. The van der Waals surface area contributed by atoms with Crippen molar-refractivity contribution in [2.24, 2.45) is 7.05 Å². The van der Waals surface area contributed by atoms with E-state index in [1.807, 2.05) is 49.4 Å². The maximum Gasteiger partial charge on any atom is 0.274 e. The summed E-state index contributed by atoms with van der Waals surface area (Å²) in [6.07, 6.45) is 5.75. The van der Waals surface area contributed by atoms with Gasteiger partial charge in [-0.15, -0.1) is 10.2 Å². The molecule has 116 valence electrons. The van der Waals surface area contributed by atoms with E-state index in [0.717, 1.165) is 30.8 Å². The van der Waals surface area contributed by atoms with Crippen LogP contribution >= 0.6 is 0 Å². The number of anilines is 1. The Labute approximate surface area is 129 Å². The zero-order valence-electron chi connectivity index (χ0n) is 13.1. The molecule has 2 aromatic rings. The van der Waals surface area contributed by atoms with E-state index in [0.29, 0.717) is 5.69 Å². The van der Waals surface area contributed by atoms with E-state index in [1.165, 1.54) is 0 Å². The number of amides is 1. The number of hydrogen-bond acceptors (Lipinski definition) is 5. The SMILES string of the molecule is CN(C)c1ccc(C(=O)N2CCC[C@@H]2c2cnn(C)c2)nn1. The molecule has 0 bridgehead atoms. The molecule has 1 atom stereocenters. The van der Waals surface area contributed by atoms with Gasteiger partial charge in [0.2, 0.25) is 0 Å². The molecule has 22 heavy (non-hydrogen) atoms. The average Bonchev–Trinajstić information content (AvgIpc) is 3.15. The van der Waals surface area contributed by atoms with Gasteiger partial charge in [-0.25, -0.2) is 0 Å². The molecule has 0 unspecified atom stereocenters. The number of hydrogen-bond donors (Lipinski definition) is 0. The molecular weight excluding hydrogens is 280 g/mol. The first-order valence-electron chi connectivity index (χ1n) is 7.37. The van der Waals surface area contributed by atoms with Crippen molar-refractivity contribution in [1.82, 2.24) is 24.9 Å². The van der Waals surface area contributed by atoms with Gasteiger partial charge in [-0.3, -0.25) is 9.48 Å². The van der Waals surface area contributed by atoms with Crippen LogP contribution in [-0.2, 0) is 7.05 Å². The fourth-order valence-corrected chi connectivity index (χ4v) is 2.79. The summed E-state index contributed by atoms with van der Waals surface area (Å²) in [6.45, 7) is 0.746. The minimum absolute atomic E-state index is 0.0656. The van der Waals surface area contributed by atoms with Crippen LogP contribution in [0.5, 0.6) is 0 Å². The number of aromatic nitrogens is 4. The standard InChI is InChI=1S/C15H20N6O/c1-19(2)14-7-6-12(17-18-14)15(22)21-8-4-5-13(21)11-9-16-20(3)10-11/h6-7,9-10,13H,4-5,8H2,1-3H3/t13-/m1/s1. The predicted molar refractivity (Wildman–Crippen MR) is 82.6 cm³/mol. The third-order valence-corrected chi connectivity index (χ3v) is 3.95. The van der Waals surface area contributed by atoms with Gasteiger partial charge in [0, 0.05) is 39.4 Å². The second kappa shape index (κ2) is 5.75. The number of rotatable bonds is 3. The fourth-order valence-electron chi connectivity index (χ4n) is 2.79. The van der Waals surface area contributed by atoms with Gasteiger partial charge in [-0.2, -0.15) is 5.10 Å². The van der Waals surface area contributed by atoms with Crippen LogP contribution in [0.1, 0.15) is 34.9 Å². The molecule has 0 aliphatic carbocycles. The quantitative estimate of drug-likeness (QED) is 0.853. The largest absolute Gasteiger partial charge is 0.361 e. The minimum atomic E-state index is -0.0656. The van der Waals surface area contributed by atoms with Crippen LogP contribution in [-0.4, -0.2) is 51.4 Å². The Morgan fingerprint density at radius 1 is 1.32 bits per heavy atom. The van der Waals surface area contributed by atoms with Gasteiger partial charge < -0.3 is 9.80 Å². The summed E-state index contributed by atoms with van der Waals surface area (Å²) in [5.74, 6) is 0.672. The van der Waals surface area contributed by atoms with Crippen molar-refractivity contribution in [2.75, 3.05) is 25.5 Å². The molecule has 0 radical (unpaired) electrons. The Hall–Kier alpha value is -2.44. The molecule has 0 saturated carbocycles. The molecular formula is C15H20N6O. The molecule has 3 rings (SSSR count). The van der Waals surface area contributed by atoms with Gasteiger partial charge in [-0.05, 0) is 25.0 Å².